The second-order valence-corrected chi connectivity index (χ2v) is 7.13. The van der Waals surface area contributed by atoms with Crippen LogP contribution < -0.4 is 5.56 Å². The number of aromatic nitrogens is 2. The third kappa shape index (κ3) is 3.60. The summed E-state index contributed by atoms with van der Waals surface area (Å²) in [5.74, 6) is -1.87. The molecule has 2 rings (SSSR count). The highest BCUT2D eigenvalue weighted by Crippen LogP contribution is 2.51. The molecule has 0 aromatic carbocycles. The molecule has 1 saturated heterocycles. The molecule has 1 fully saturated rings. The highest BCUT2D eigenvalue weighted by Gasteiger charge is 2.68. The molecule has 138 valence electrons. The van der Waals surface area contributed by atoms with Gasteiger partial charge >= 0.3 is 7.82 Å². The molecule has 0 saturated carbocycles. The van der Waals surface area contributed by atoms with Gasteiger partial charge in [0.15, 0.2) is 4.77 Å². The number of rotatable bonds is 4. The quantitative estimate of drug-likeness (QED) is 0.153. The van der Waals surface area contributed by atoms with Crippen molar-refractivity contribution >= 4 is 43.6 Å². The molecular weight excluding hydrogens is 403 g/mol. The maximum Gasteiger partial charge on any atom is 0.468 e. The minimum Gasteiger partial charge on any atom is -0.386 e. The number of phosphoric acid groups is 1. The first-order valence-electron chi connectivity index (χ1n) is 6.80. The van der Waals surface area contributed by atoms with Gasteiger partial charge in [-0.15, -0.1) is 6.42 Å². The number of terminal acetylenes is 1. The van der Waals surface area contributed by atoms with Crippen molar-refractivity contribution in [2.24, 2.45) is 0 Å². The Balaban J connectivity index is 2.63. The lowest BCUT2D eigenvalue weighted by Gasteiger charge is -2.40. The molecule has 0 amide bonds. The standard InChI is InChI=1S/C11H9B3FN2O8PS/c1-2-4-3-17(8(27)16-7(4)20)10(12)6(19)5(18)9(15,24-10)11(13,14)25-26(21,22)23/h1,3,5-6,18-19H,(H,16,20,27)(H2,21,22,23)/t5-,6+,9-,10-/m0/s1. The van der Waals surface area contributed by atoms with E-state index in [0.29, 0.717) is 4.57 Å². The van der Waals surface area contributed by atoms with Gasteiger partial charge in [-0.3, -0.25) is 14.3 Å². The van der Waals surface area contributed by atoms with Gasteiger partial charge < -0.3 is 29.3 Å². The van der Waals surface area contributed by atoms with E-state index in [0.717, 1.165) is 6.20 Å². The average molecular weight is 412 g/mol. The molecule has 1 aromatic rings. The Kier molecular flexibility index (Phi) is 5.46. The number of H-pyrrole nitrogens is 1. The van der Waals surface area contributed by atoms with E-state index >= 15 is 4.39 Å². The van der Waals surface area contributed by atoms with Crippen molar-refractivity contribution in [3.05, 3.63) is 26.9 Å². The molecule has 1 aliphatic rings. The number of nitrogens with one attached hydrogen (secondary N) is 1. The lowest BCUT2D eigenvalue weighted by molar-refractivity contribution is -0.239. The average Bonchev–Trinajstić information content (AvgIpc) is 2.68. The molecule has 5 N–H and O–H groups in total. The molecule has 1 aliphatic heterocycles. The summed E-state index contributed by atoms with van der Waals surface area (Å²) in [6.45, 7) is 0. The Hall–Kier alpha value is -1.23. The Morgan fingerprint density at radius 3 is 2.52 bits per heavy atom. The van der Waals surface area contributed by atoms with Crippen molar-refractivity contribution < 1.29 is 38.2 Å². The molecule has 16 heteroatoms. The SMILES string of the molecule is [B]C([B])(OP(=O)(O)O)[C@@]1(F)O[C@@]([B])(n2cc(C#C)c(=O)[nH]c2=S)[C@H](O)[C@@H]1O. The van der Waals surface area contributed by atoms with Crippen molar-refractivity contribution in [2.75, 3.05) is 0 Å². The van der Waals surface area contributed by atoms with Crippen LogP contribution in [0.3, 0.4) is 0 Å². The molecule has 0 aliphatic carbocycles. The molecular formula is C11H9B3FN2O8PS. The van der Waals surface area contributed by atoms with E-state index in [1.807, 2.05) is 5.92 Å². The zero-order chi connectivity index (χ0) is 21.0. The summed E-state index contributed by atoms with van der Waals surface area (Å²) in [5.41, 5.74) is -3.92. The van der Waals surface area contributed by atoms with E-state index in [-0.39, 0.29) is 5.56 Å². The third-order valence-corrected chi connectivity index (χ3v) is 4.53. The molecule has 10 nitrogen and oxygen atoms in total. The first kappa shape index (κ1) is 22.1. The van der Waals surface area contributed by atoms with Crippen molar-refractivity contribution in [2.45, 2.75) is 29.1 Å². The van der Waals surface area contributed by atoms with Crippen LogP contribution in [-0.4, -0.2) is 76.6 Å². The minimum absolute atomic E-state index is 0.353. The van der Waals surface area contributed by atoms with Gasteiger partial charge in [-0.2, -0.15) is 0 Å². The first-order valence-corrected chi connectivity index (χ1v) is 8.74. The summed E-state index contributed by atoms with van der Waals surface area (Å²) in [6, 6.07) is 0. The lowest BCUT2D eigenvalue weighted by Crippen LogP contribution is -2.60. The Bertz CT molecular complexity index is 976. The topological polar surface area (TPSA) is 154 Å². The third-order valence-electron chi connectivity index (χ3n) is 3.69. The van der Waals surface area contributed by atoms with Crippen molar-refractivity contribution in [3.63, 3.8) is 0 Å². The fourth-order valence-corrected chi connectivity index (χ4v) is 3.19. The highest BCUT2D eigenvalue weighted by molar-refractivity contribution is 7.71. The van der Waals surface area contributed by atoms with Crippen molar-refractivity contribution in [1.82, 2.24) is 9.55 Å². The Morgan fingerprint density at radius 1 is 1.48 bits per heavy atom. The van der Waals surface area contributed by atoms with E-state index < -0.39 is 47.2 Å². The number of alkyl halides is 1. The predicted molar refractivity (Wildman–Crippen MR) is 91.9 cm³/mol. The van der Waals surface area contributed by atoms with E-state index in [2.05, 4.69) is 9.51 Å². The highest BCUT2D eigenvalue weighted by atomic mass is 32.1. The van der Waals surface area contributed by atoms with Crippen molar-refractivity contribution in [3.8, 4) is 12.3 Å². The van der Waals surface area contributed by atoms with E-state index in [9.17, 15) is 19.6 Å². The van der Waals surface area contributed by atoms with Crippen LogP contribution in [0.5, 0.6) is 0 Å². The monoisotopic (exact) mass is 412 g/mol. The molecule has 2 heterocycles. The maximum absolute atomic E-state index is 15.2. The number of aliphatic hydroxyl groups excluding tert-OH is 2. The van der Waals surface area contributed by atoms with Crippen LogP contribution in [0.25, 0.3) is 0 Å². The summed E-state index contributed by atoms with van der Waals surface area (Å²) < 4.78 is 35.0. The summed E-state index contributed by atoms with van der Waals surface area (Å²) in [4.78, 5) is 31.4. The molecule has 0 bridgehead atoms. The van der Waals surface area contributed by atoms with Gasteiger partial charge in [0.1, 0.15) is 46.9 Å². The predicted octanol–water partition coefficient (Wildman–Crippen LogP) is -2.82. The van der Waals surface area contributed by atoms with E-state index in [4.69, 9.17) is 56.7 Å². The number of aliphatic hydroxyl groups is 2. The van der Waals surface area contributed by atoms with E-state index in [1.54, 1.807) is 0 Å². The van der Waals surface area contributed by atoms with Crippen LogP contribution in [0.1, 0.15) is 5.56 Å². The molecule has 0 spiro atoms. The number of phosphoric ester groups is 1. The first-order chi connectivity index (χ1) is 12.1. The summed E-state index contributed by atoms with van der Waals surface area (Å²) in [7, 11) is 10.8. The van der Waals surface area contributed by atoms with Crippen molar-refractivity contribution in [1.29, 1.82) is 0 Å². The minimum atomic E-state index is -5.48. The largest absolute Gasteiger partial charge is 0.468 e. The van der Waals surface area contributed by atoms with Crippen LogP contribution >= 0.6 is 20.0 Å². The molecule has 4 atom stereocenters. The molecule has 6 radical (unpaired) electrons. The smallest absolute Gasteiger partial charge is 0.386 e. The number of aromatic amines is 1. The van der Waals surface area contributed by atoms with Crippen LogP contribution in [0.2, 0.25) is 0 Å². The number of ether oxygens (including phenoxy) is 1. The van der Waals surface area contributed by atoms with Crippen LogP contribution in [-0.2, 0) is 19.4 Å². The molecule has 0 unspecified atom stereocenters. The summed E-state index contributed by atoms with van der Waals surface area (Å²) >= 11 is 4.85. The second-order valence-electron chi connectivity index (χ2n) is 5.58. The van der Waals surface area contributed by atoms with Gasteiger partial charge in [0, 0.05) is 6.20 Å². The number of halogens is 1. The Morgan fingerprint density at radius 2 is 2.04 bits per heavy atom. The maximum atomic E-state index is 15.2. The summed E-state index contributed by atoms with van der Waals surface area (Å²) in [6.07, 6.45) is 0.917. The van der Waals surface area contributed by atoms with Crippen LogP contribution in [0.15, 0.2) is 11.0 Å². The normalized spacial score (nSPS) is 31.6. The molecule has 27 heavy (non-hydrogen) atoms. The van der Waals surface area contributed by atoms with Gasteiger partial charge in [0.25, 0.3) is 11.4 Å². The van der Waals surface area contributed by atoms with E-state index in [1.165, 1.54) is 0 Å². The van der Waals surface area contributed by atoms with Gasteiger partial charge in [-0.25, -0.2) is 8.96 Å². The van der Waals surface area contributed by atoms with Gasteiger partial charge in [0.05, 0.1) is 5.40 Å². The van der Waals surface area contributed by atoms with Gasteiger partial charge in [-0.1, -0.05) is 5.92 Å². The van der Waals surface area contributed by atoms with Gasteiger partial charge in [-0.05, 0) is 12.2 Å². The Labute approximate surface area is 160 Å². The number of hydrogen-bond donors (Lipinski definition) is 5. The van der Waals surface area contributed by atoms with Crippen LogP contribution in [0.4, 0.5) is 4.39 Å². The summed E-state index contributed by atoms with van der Waals surface area (Å²) in [5, 5.41) is 16.8. The fourth-order valence-electron chi connectivity index (χ4n) is 2.38. The van der Waals surface area contributed by atoms with Gasteiger partial charge in [0.2, 0.25) is 0 Å². The second kappa shape index (κ2) is 6.68. The van der Waals surface area contributed by atoms with Crippen LogP contribution in [0, 0.1) is 17.1 Å². The number of hydrogen-bond acceptors (Lipinski definition) is 7. The molecule has 1 aromatic heterocycles. The number of nitrogens with zero attached hydrogens (tertiary/aromatic N) is 1. The zero-order valence-corrected chi connectivity index (χ0v) is 14.9. The fraction of sp³-hybridized carbons (Fsp3) is 0.455. The lowest BCUT2D eigenvalue weighted by atomic mass is 9.59. The zero-order valence-electron chi connectivity index (χ0n) is 13.1.